The second kappa shape index (κ2) is 6.68. The first-order chi connectivity index (χ1) is 7.65. The van der Waals surface area contributed by atoms with Crippen molar-refractivity contribution >= 4 is 23.3 Å². The Kier molecular flexibility index (Phi) is 5.52. The molecule has 1 aliphatic carbocycles. The van der Waals surface area contributed by atoms with Crippen LogP contribution in [-0.2, 0) is 9.53 Å². The average Bonchev–Trinajstić information content (AvgIpc) is 2.76. The lowest BCUT2D eigenvalue weighted by Gasteiger charge is -2.29. The van der Waals surface area contributed by atoms with Gasteiger partial charge in [0.25, 0.3) is 0 Å². The summed E-state index contributed by atoms with van der Waals surface area (Å²) in [5.41, 5.74) is 5.71. The van der Waals surface area contributed by atoms with Gasteiger partial charge in [0.15, 0.2) is 5.11 Å². The highest BCUT2D eigenvalue weighted by molar-refractivity contribution is 7.80. The number of carbonyl (C=O) groups is 1. The average molecular weight is 244 g/mol. The van der Waals surface area contributed by atoms with Crippen LogP contribution in [0.25, 0.3) is 0 Å². The van der Waals surface area contributed by atoms with Crippen LogP contribution in [0.3, 0.4) is 0 Å². The van der Waals surface area contributed by atoms with E-state index in [-0.39, 0.29) is 5.97 Å². The summed E-state index contributed by atoms with van der Waals surface area (Å²) in [6, 6.07) is 0.482. The first kappa shape index (κ1) is 13.2. The molecule has 16 heavy (non-hydrogen) atoms. The van der Waals surface area contributed by atoms with Gasteiger partial charge in [0.1, 0.15) is 0 Å². The molecule has 92 valence electrons. The van der Waals surface area contributed by atoms with E-state index in [0.717, 1.165) is 25.8 Å². The number of rotatable bonds is 5. The molecule has 1 fully saturated rings. The Morgan fingerprint density at radius 3 is 2.62 bits per heavy atom. The number of carbonyl (C=O) groups excluding carboxylic acids is 1. The molecule has 0 radical (unpaired) electrons. The van der Waals surface area contributed by atoms with Crippen molar-refractivity contribution in [3.8, 4) is 0 Å². The summed E-state index contributed by atoms with van der Waals surface area (Å²) in [6.07, 6.45) is 6.01. The maximum absolute atomic E-state index is 11.0. The van der Waals surface area contributed by atoms with Gasteiger partial charge in [-0.05, 0) is 31.5 Å². The highest BCUT2D eigenvalue weighted by atomic mass is 32.1. The molecule has 0 aromatic rings. The molecule has 0 spiro atoms. The van der Waals surface area contributed by atoms with Gasteiger partial charge in [-0.25, -0.2) is 0 Å². The van der Waals surface area contributed by atoms with Crippen molar-refractivity contribution in [2.24, 2.45) is 5.73 Å². The summed E-state index contributed by atoms with van der Waals surface area (Å²) in [5.74, 6) is -0.172. The van der Waals surface area contributed by atoms with Crippen LogP contribution in [0.1, 0.15) is 38.5 Å². The van der Waals surface area contributed by atoms with Crippen molar-refractivity contribution in [3.05, 3.63) is 0 Å². The Morgan fingerprint density at radius 2 is 2.12 bits per heavy atom. The van der Waals surface area contributed by atoms with Gasteiger partial charge >= 0.3 is 5.97 Å². The maximum atomic E-state index is 11.0. The molecular formula is C11H20N2O2S. The molecule has 0 saturated heterocycles. The molecule has 4 nitrogen and oxygen atoms in total. The Bertz CT molecular complexity index is 252. The predicted molar refractivity (Wildman–Crippen MR) is 67.0 cm³/mol. The Hall–Kier alpha value is -0.840. The van der Waals surface area contributed by atoms with Crippen LogP contribution in [-0.4, -0.2) is 35.7 Å². The SMILES string of the molecule is COC(=O)CCCN(C(N)=S)C1CCCC1. The summed E-state index contributed by atoms with van der Waals surface area (Å²) in [6.45, 7) is 0.759. The molecule has 0 aromatic carbocycles. The fourth-order valence-corrected chi connectivity index (χ4v) is 2.42. The number of nitrogens with zero attached hydrogens (tertiary/aromatic N) is 1. The van der Waals surface area contributed by atoms with E-state index in [9.17, 15) is 4.79 Å². The smallest absolute Gasteiger partial charge is 0.305 e. The normalized spacial score (nSPS) is 16.1. The molecule has 2 N–H and O–H groups in total. The van der Waals surface area contributed by atoms with E-state index in [1.165, 1.54) is 20.0 Å². The summed E-state index contributed by atoms with van der Waals surface area (Å²) < 4.78 is 4.60. The Labute approximate surface area is 102 Å². The van der Waals surface area contributed by atoms with Crippen LogP contribution in [0.5, 0.6) is 0 Å². The Morgan fingerprint density at radius 1 is 1.50 bits per heavy atom. The van der Waals surface area contributed by atoms with Crippen molar-refractivity contribution in [1.82, 2.24) is 4.90 Å². The molecule has 0 atom stereocenters. The van der Waals surface area contributed by atoms with E-state index in [2.05, 4.69) is 9.64 Å². The van der Waals surface area contributed by atoms with E-state index >= 15 is 0 Å². The number of esters is 1. The first-order valence-electron chi connectivity index (χ1n) is 5.78. The lowest BCUT2D eigenvalue weighted by Crippen LogP contribution is -2.42. The fraction of sp³-hybridized carbons (Fsp3) is 0.818. The van der Waals surface area contributed by atoms with E-state index in [1.54, 1.807) is 0 Å². The minimum Gasteiger partial charge on any atom is -0.469 e. The number of hydrogen-bond acceptors (Lipinski definition) is 3. The van der Waals surface area contributed by atoms with Gasteiger partial charge in [-0.3, -0.25) is 4.79 Å². The van der Waals surface area contributed by atoms with E-state index in [1.807, 2.05) is 0 Å². The van der Waals surface area contributed by atoms with Crippen LogP contribution in [0.4, 0.5) is 0 Å². The molecule has 0 amide bonds. The molecular weight excluding hydrogens is 224 g/mol. The van der Waals surface area contributed by atoms with Gasteiger partial charge in [0.05, 0.1) is 7.11 Å². The second-order valence-corrected chi connectivity index (χ2v) is 4.57. The highest BCUT2D eigenvalue weighted by Crippen LogP contribution is 2.23. The van der Waals surface area contributed by atoms with Gasteiger partial charge in [-0.15, -0.1) is 0 Å². The third-order valence-corrected chi connectivity index (χ3v) is 3.29. The lowest BCUT2D eigenvalue weighted by atomic mass is 10.2. The van der Waals surface area contributed by atoms with Crippen molar-refractivity contribution in [1.29, 1.82) is 0 Å². The van der Waals surface area contributed by atoms with E-state index in [4.69, 9.17) is 18.0 Å². The highest BCUT2D eigenvalue weighted by Gasteiger charge is 2.23. The summed E-state index contributed by atoms with van der Waals surface area (Å²) in [5, 5.41) is 0.455. The Balaban J connectivity index is 2.33. The van der Waals surface area contributed by atoms with E-state index < -0.39 is 0 Å². The molecule has 1 rings (SSSR count). The van der Waals surface area contributed by atoms with Gasteiger partial charge in [-0.1, -0.05) is 12.8 Å². The number of nitrogens with two attached hydrogens (primary N) is 1. The molecule has 0 aromatic heterocycles. The zero-order valence-electron chi connectivity index (χ0n) is 9.78. The quantitative estimate of drug-likeness (QED) is 0.585. The van der Waals surface area contributed by atoms with Crippen molar-refractivity contribution in [2.45, 2.75) is 44.6 Å². The third kappa shape index (κ3) is 3.96. The molecule has 0 bridgehead atoms. The van der Waals surface area contributed by atoms with Crippen LogP contribution in [0.15, 0.2) is 0 Å². The number of thiocarbonyl (C=S) groups is 1. The van der Waals surface area contributed by atoms with Gasteiger partial charge in [0.2, 0.25) is 0 Å². The van der Waals surface area contributed by atoms with Crippen LogP contribution in [0.2, 0.25) is 0 Å². The van der Waals surface area contributed by atoms with Gasteiger partial charge in [0, 0.05) is 19.0 Å². The van der Waals surface area contributed by atoms with Crippen molar-refractivity contribution < 1.29 is 9.53 Å². The standard InChI is InChI=1S/C11H20N2O2S/c1-15-10(14)7-4-8-13(11(12)16)9-5-2-3-6-9/h9H,2-8H2,1H3,(H2,12,16). The number of ether oxygens (including phenoxy) is 1. The summed E-state index contributed by atoms with van der Waals surface area (Å²) >= 11 is 5.05. The van der Waals surface area contributed by atoms with Gasteiger partial charge < -0.3 is 15.4 Å². The van der Waals surface area contributed by atoms with Crippen LogP contribution < -0.4 is 5.73 Å². The van der Waals surface area contributed by atoms with E-state index in [0.29, 0.717) is 17.6 Å². The second-order valence-electron chi connectivity index (χ2n) is 4.15. The lowest BCUT2D eigenvalue weighted by molar-refractivity contribution is -0.140. The largest absolute Gasteiger partial charge is 0.469 e. The minimum atomic E-state index is -0.172. The van der Waals surface area contributed by atoms with Gasteiger partial charge in [-0.2, -0.15) is 0 Å². The number of hydrogen-bond donors (Lipinski definition) is 1. The summed E-state index contributed by atoms with van der Waals surface area (Å²) in [7, 11) is 1.41. The zero-order chi connectivity index (χ0) is 12.0. The molecule has 0 unspecified atom stereocenters. The topological polar surface area (TPSA) is 55.6 Å². The number of methoxy groups -OCH3 is 1. The molecule has 1 saturated carbocycles. The molecule has 5 heteroatoms. The summed E-state index contributed by atoms with van der Waals surface area (Å²) in [4.78, 5) is 13.0. The maximum Gasteiger partial charge on any atom is 0.305 e. The molecule has 1 aliphatic rings. The predicted octanol–water partition coefficient (Wildman–Crippen LogP) is 1.43. The van der Waals surface area contributed by atoms with Crippen LogP contribution >= 0.6 is 12.2 Å². The third-order valence-electron chi connectivity index (χ3n) is 3.06. The fourth-order valence-electron chi connectivity index (χ4n) is 2.18. The molecule has 0 aliphatic heterocycles. The monoisotopic (exact) mass is 244 g/mol. The van der Waals surface area contributed by atoms with Crippen molar-refractivity contribution in [2.75, 3.05) is 13.7 Å². The zero-order valence-corrected chi connectivity index (χ0v) is 10.6. The molecule has 0 heterocycles. The van der Waals surface area contributed by atoms with Crippen molar-refractivity contribution in [3.63, 3.8) is 0 Å². The van der Waals surface area contributed by atoms with Crippen LogP contribution in [0, 0.1) is 0 Å². The first-order valence-corrected chi connectivity index (χ1v) is 6.19. The minimum absolute atomic E-state index is 0.172.